The Hall–Kier alpha value is -1.73. The molecule has 0 saturated carbocycles. The molecule has 2 aromatic heterocycles. The van der Waals surface area contributed by atoms with Crippen molar-refractivity contribution in [2.75, 3.05) is 19.8 Å². The second-order valence-electron chi connectivity index (χ2n) is 4.67. The lowest BCUT2D eigenvalue weighted by Crippen LogP contribution is -2.30. The molecule has 0 aliphatic carbocycles. The molecule has 1 unspecified atom stereocenters. The maximum atomic E-state index is 5.82. The van der Waals surface area contributed by atoms with E-state index >= 15 is 0 Å². The van der Waals surface area contributed by atoms with Crippen LogP contribution in [0.4, 0.5) is 0 Å². The fourth-order valence-electron chi connectivity index (χ4n) is 2.44. The maximum Gasteiger partial charge on any atom is 0.266 e. The third-order valence-electron chi connectivity index (χ3n) is 3.46. The fourth-order valence-corrected chi connectivity index (χ4v) is 2.44. The topological polar surface area (TPSA) is 75.2 Å². The van der Waals surface area contributed by atoms with E-state index < -0.39 is 5.60 Å². The lowest BCUT2D eigenvalue weighted by atomic mass is 10.0. The van der Waals surface area contributed by atoms with Crippen molar-refractivity contribution in [3.8, 4) is 11.6 Å². The molecule has 3 rings (SSSR count). The molecule has 20 heavy (non-hydrogen) atoms. The lowest BCUT2D eigenvalue weighted by molar-refractivity contribution is -0.0657. The summed E-state index contributed by atoms with van der Waals surface area (Å²) in [7, 11) is 0. The molecule has 0 N–H and O–H groups in total. The molecule has 1 aliphatic heterocycles. The van der Waals surface area contributed by atoms with E-state index in [0.29, 0.717) is 31.6 Å². The van der Waals surface area contributed by atoms with Crippen LogP contribution >= 0.6 is 0 Å². The highest BCUT2D eigenvalue weighted by molar-refractivity contribution is 5.45. The maximum absolute atomic E-state index is 5.82. The number of hydrogen-bond acceptors (Lipinski definition) is 6. The zero-order valence-corrected chi connectivity index (χ0v) is 11.7. The van der Waals surface area contributed by atoms with Crippen LogP contribution in [-0.2, 0) is 21.6 Å². The Balaban J connectivity index is 1.93. The molecule has 0 aromatic carbocycles. The second-order valence-corrected chi connectivity index (χ2v) is 4.67. The Morgan fingerprint density at radius 1 is 1.40 bits per heavy atom. The molecule has 7 nitrogen and oxygen atoms in total. The minimum absolute atomic E-state index is 0.454. The number of aromatic nitrogens is 4. The Kier molecular flexibility index (Phi) is 3.54. The largest absolute Gasteiger partial charge is 0.416 e. The van der Waals surface area contributed by atoms with Crippen LogP contribution in [0.15, 0.2) is 16.7 Å². The molecular formula is C13H18N4O3. The number of hydrogen-bond donors (Lipinski definition) is 0. The van der Waals surface area contributed by atoms with Crippen molar-refractivity contribution < 1.29 is 13.9 Å². The Morgan fingerprint density at radius 2 is 2.30 bits per heavy atom. The van der Waals surface area contributed by atoms with Gasteiger partial charge in [-0.1, -0.05) is 0 Å². The van der Waals surface area contributed by atoms with Gasteiger partial charge in [0.2, 0.25) is 0 Å². The summed E-state index contributed by atoms with van der Waals surface area (Å²) in [5, 5.41) is 12.5. The van der Waals surface area contributed by atoms with Gasteiger partial charge in [-0.15, -0.1) is 10.2 Å². The van der Waals surface area contributed by atoms with Gasteiger partial charge in [0.05, 0.1) is 13.2 Å². The van der Waals surface area contributed by atoms with Gasteiger partial charge in [0.1, 0.15) is 5.69 Å². The highest BCUT2D eigenvalue weighted by Gasteiger charge is 2.43. The summed E-state index contributed by atoms with van der Waals surface area (Å²) in [6, 6.07) is 1.86. The summed E-state index contributed by atoms with van der Waals surface area (Å²) in [6.45, 7) is 6.39. The van der Waals surface area contributed by atoms with Gasteiger partial charge in [0.15, 0.2) is 5.60 Å². The molecule has 0 radical (unpaired) electrons. The summed E-state index contributed by atoms with van der Waals surface area (Å²) in [6.07, 6.45) is 2.45. The van der Waals surface area contributed by atoms with Crippen molar-refractivity contribution in [1.29, 1.82) is 0 Å². The molecular weight excluding hydrogens is 260 g/mol. The van der Waals surface area contributed by atoms with Crippen molar-refractivity contribution in [3.63, 3.8) is 0 Å². The van der Waals surface area contributed by atoms with E-state index in [-0.39, 0.29) is 0 Å². The van der Waals surface area contributed by atoms with Crippen LogP contribution in [0.25, 0.3) is 11.6 Å². The van der Waals surface area contributed by atoms with Crippen LogP contribution in [0.2, 0.25) is 0 Å². The molecule has 1 saturated heterocycles. The fraction of sp³-hybridized carbons (Fsp3) is 0.615. The first-order valence-electron chi connectivity index (χ1n) is 6.87. The highest BCUT2D eigenvalue weighted by Crippen LogP contribution is 2.34. The Labute approximate surface area is 116 Å². The van der Waals surface area contributed by atoms with Gasteiger partial charge in [0, 0.05) is 25.8 Å². The monoisotopic (exact) mass is 278 g/mol. The zero-order valence-electron chi connectivity index (χ0n) is 11.7. The highest BCUT2D eigenvalue weighted by atomic mass is 16.6. The molecule has 1 fully saturated rings. The smallest absolute Gasteiger partial charge is 0.266 e. The Bertz CT molecular complexity index is 572. The van der Waals surface area contributed by atoms with Gasteiger partial charge in [0.25, 0.3) is 11.8 Å². The molecule has 7 heteroatoms. The van der Waals surface area contributed by atoms with Crippen LogP contribution in [-0.4, -0.2) is 39.8 Å². The normalized spacial score (nSPS) is 22.5. The van der Waals surface area contributed by atoms with Crippen molar-refractivity contribution in [2.24, 2.45) is 0 Å². The van der Waals surface area contributed by atoms with E-state index in [1.807, 2.05) is 24.6 Å². The zero-order chi connectivity index (χ0) is 14.0. The second kappa shape index (κ2) is 5.34. The van der Waals surface area contributed by atoms with Crippen molar-refractivity contribution in [3.05, 3.63) is 18.2 Å². The van der Waals surface area contributed by atoms with Gasteiger partial charge in [-0.3, -0.25) is 4.68 Å². The average molecular weight is 278 g/mol. The molecule has 0 spiro atoms. The first kappa shape index (κ1) is 13.3. The van der Waals surface area contributed by atoms with Gasteiger partial charge in [-0.05, 0) is 19.9 Å². The van der Waals surface area contributed by atoms with Crippen LogP contribution < -0.4 is 0 Å². The predicted molar refractivity (Wildman–Crippen MR) is 69.9 cm³/mol. The molecule has 0 bridgehead atoms. The third kappa shape index (κ3) is 2.12. The summed E-state index contributed by atoms with van der Waals surface area (Å²) in [5.74, 6) is 0.945. The molecule has 108 valence electrons. The number of nitrogens with zero attached hydrogens (tertiary/aromatic N) is 4. The SMILES string of the molecule is CCOC1(c2nnc(-c3ccnn3CC)o2)CCOC1. The van der Waals surface area contributed by atoms with Crippen LogP contribution in [0.3, 0.4) is 0 Å². The van der Waals surface area contributed by atoms with E-state index in [1.54, 1.807) is 6.20 Å². The third-order valence-corrected chi connectivity index (χ3v) is 3.46. The molecule has 0 amide bonds. The van der Waals surface area contributed by atoms with Gasteiger partial charge >= 0.3 is 0 Å². The summed E-state index contributed by atoms with van der Waals surface area (Å²) in [4.78, 5) is 0. The molecule has 1 atom stereocenters. The van der Waals surface area contributed by atoms with E-state index in [1.165, 1.54) is 0 Å². The minimum atomic E-state index is -0.600. The standard InChI is InChI=1S/C13H18N4O3/c1-3-17-10(5-7-14-17)11-15-16-12(20-11)13(19-4-2)6-8-18-9-13/h5,7H,3-4,6,8-9H2,1-2H3. The summed E-state index contributed by atoms with van der Waals surface area (Å²) < 4.78 is 18.9. The number of aryl methyl sites for hydroxylation is 1. The lowest BCUT2D eigenvalue weighted by Gasteiger charge is -2.22. The van der Waals surface area contributed by atoms with Gasteiger partial charge in [-0.2, -0.15) is 5.10 Å². The van der Waals surface area contributed by atoms with Crippen LogP contribution in [0.5, 0.6) is 0 Å². The van der Waals surface area contributed by atoms with Gasteiger partial charge in [-0.25, -0.2) is 0 Å². The van der Waals surface area contributed by atoms with Crippen molar-refractivity contribution in [2.45, 2.75) is 32.4 Å². The number of rotatable bonds is 5. The predicted octanol–water partition coefficient (Wildman–Crippen LogP) is 1.61. The first-order chi connectivity index (χ1) is 9.79. The summed E-state index contributed by atoms with van der Waals surface area (Å²) in [5.41, 5.74) is 0.216. The molecule has 1 aliphatic rings. The van der Waals surface area contributed by atoms with Crippen molar-refractivity contribution >= 4 is 0 Å². The van der Waals surface area contributed by atoms with E-state index in [9.17, 15) is 0 Å². The van der Waals surface area contributed by atoms with Gasteiger partial charge < -0.3 is 13.9 Å². The van der Waals surface area contributed by atoms with Crippen LogP contribution in [0, 0.1) is 0 Å². The molecule has 2 aromatic rings. The van der Waals surface area contributed by atoms with E-state index in [2.05, 4.69) is 15.3 Å². The minimum Gasteiger partial charge on any atom is -0.416 e. The van der Waals surface area contributed by atoms with E-state index in [0.717, 1.165) is 18.7 Å². The van der Waals surface area contributed by atoms with Crippen LogP contribution in [0.1, 0.15) is 26.2 Å². The summed E-state index contributed by atoms with van der Waals surface area (Å²) >= 11 is 0. The quantitative estimate of drug-likeness (QED) is 0.827. The first-order valence-corrected chi connectivity index (χ1v) is 6.87. The number of ether oxygens (including phenoxy) is 2. The van der Waals surface area contributed by atoms with E-state index in [4.69, 9.17) is 13.9 Å². The average Bonchev–Trinajstić information content (AvgIpc) is 3.18. The molecule has 3 heterocycles. The Morgan fingerprint density at radius 3 is 3.00 bits per heavy atom. The van der Waals surface area contributed by atoms with Crippen molar-refractivity contribution in [1.82, 2.24) is 20.0 Å².